The number of benzene rings is 2. The zero-order chi connectivity index (χ0) is 18.1. The van der Waals surface area contributed by atoms with Crippen molar-refractivity contribution in [3.8, 4) is 0 Å². The molecule has 0 aliphatic heterocycles. The lowest BCUT2D eigenvalue weighted by Gasteiger charge is -2.06. The number of amides is 1. The number of carbonyl (C=O) groups excluding carboxylic acids is 1. The van der Waals surface area contributed by atoms with Crippen molar-refractivity contribution < 1.29 is 4.79 Å². The molecule has 0 spiro atoms. The van der Waals surface area contributed by atoms with E-state index in [2.05, 4.69) is 24.3 Å². The lowest BCUT2D eigenvalue weighted by molar-refractivity contribution is 0.102. The molecule has 0 radical (unpaired) electrons. The molecule has 4 rings (SSSR count). The fourth-order valence-corrected chi connectivity index (χ4v) is 3.03. The van der Waals surface area contributed by atoms with Gasteiger partial charge in [-0.05, 0) is 30.2 Å². The molecule has 0 fully saturated rings. The summed E-state index contributed by atoms with van der Waals surface area (Å²) in [5.41, 5.74) is 2.32. The van der Waals surface area contributed by atoms with Gasteiger partial charge in [0.05, 0.1) is 10.9 Å². The second kappa shape index (κ2) is 6.59. The quantitative estimate of drug-likeness (QED) is 0.593. The van der Waals surface area contributed by atoms with E-state index < -0.39 is 0 Å². The topological polar surface area (TPSA) is 59.8 Å². The summed E-state index contributed by atoms with van der Waals surface area (Å²) >= 11 is 0. The average Bonchev–Trinajstić information content (AvgIpc) is 2.96. The minimum Gasteiger partial charge on any atom is -0.305 e. The van der Waals surface area contributed by atoms with Gasteiger partial charge in [0.15, 0.2) is 11.5 Å². The fraction of sp³-hybridized carbons (Fsp3) is 0.190. The molecule has 26 heavy (non-hydrogen) atoms. The van der Waals surface area contributed by atoms with Crippen LogP contribution in [0.2, 0.25) is 0 Å². The molecule has 0 saturated heterocycles. The Morgan fingerprint density at radius 1 is 1.08 bits per heavy atom. The molecule has 2 aromatic carbocycles. The second-order valence-electron chi connectivity index (χ2n) is 6.80. The molecule has 5 nitrogen and oxygen atoms in total. The van der Waals surface area contributed by atoms with Crippen LogP contribution >= 0.6 is 0 Å². The molecule has 5 heteroatoms. The minimum absolute atomic E-state index is 0.171. The van der Waals surface area contributed by atoms with Gasteiger partial charge in [-0.25, -0.2) is 9.67 Å². The van der Waals surface area contributed by atoms with E-state index in [-0.39, 0.29) is 5.91 Å². The second-order valence-corrected chi connectivity index (χ2v) is 6.80. The predicted molar refractivity (Wildman–Crippen MR) is 104 cm³/mol. The van der Waals surface area contributed by atoms with E-state index >= 15 is 0 Å². The van der Waals surface area contributed by atoms with E-state index in [1.807, 2.05) is 53.2 Å². The summed E-state index contributed by atoms with van der Waals surface area (Å²) in [5, 5.41) is 9.47. The van der Waals surface area contributed by atoms with Crippen LogP contribution < -0.4 is 5.32 Å². The molecular formula is C21H20N4O. The number of pyridine rings is 1. The Hall–Kier alpha value is -3.21. The monoisotopic (exact) mass is 344 g/mol. The van der Waals surface area contributed by atoms with Crippen LogP contribution in [0.5, 0.6) is 0 Å². The number of anilines is 1. The number of carbonyl (C=O) groups is 1. The van der Waals surface area contributed by atoms with E-state index in [0.717, 1.165) is 28.5 Å². The zero-order valence-corrected chi connectivity index (χ0v) is 14.8. The summed E-state index contributed by atoms with van der Waals surface area (Å²) in [6, 6.07) is 19.2. The van der Waals surface area contributed by atoms with Crippen molar-refractivity contribution in [2.45, 2.75) is 20.4 Å². The number of hydrogen-bond donors (Lipinski definition) is 1. The summed E-state index contributed by atoms with van der Waals surface area (Å²) in [4.78, 5) is 17.4. The van der Waals surface area contributed by atoms with Gasteiger partial charge in [0.25, 0.3) is 5.91 Å². The Labute approximate surface area is 151 Å². The predicted octanol–water partition coefficient (Wildman–Crippen LogP) is 4.49. The van der Waals surface area contributed by atoms with Gasteiger partial charge in [-0.2, -0.15) is 5.10 Å². The molecule has 0 unspecified atom stereocenters. The van der Waals surface area contributed by atoms with Crippen molar-refractivity contribution in [1.29, 1.82) is 0 Å². The number of nitrogens with zero attached hydrogens (tertiary/aromatic N) is 3. The summed E-state index contributed by atoms with van der Waals surface area (Å²) in [6.07, 6.45) is 0. The third-order valence-corrected chi connectivity index (χ3v) is 4.23. The van der Waals surface area contributed by atoms with Crippen molar-refractivity contribution in [3.63, 3.8) is 0 Å². The summed E-state index contributed by atoms with van der Waals surface area (Å²) in [5.74, 6) is 0.798. The van der Waals surface area contributed by atoms with Gasteiger partial charge in [-0.3, -0.25) is 4.79 Å². The number of nitrogens with one attached hydrogen (secondary N) is 1. The van der Waals surface area contributed by atoms with Crippen molar-refractivity contribution >= 4 is 33.7 Å². The summed E-state index contributed by atoms with van der Waals surface area (Å²) < 4.78 is 1.88. The average molecular weight is 344 g/mol. The first-order valence-electron chi connectivity index (χ1n) is 8.74. The maximum Gasteiger partial charge on any atom is 0.256 e. The molecule has 0 atom stereocenters. The number of aromatic nitrogens is 3. The van der Waals surface area contributed by atoms with E-state index in [1.165, 1.54) is 0 Å². The van der Waals surface area contributed by atoms with Crippen LogP contribution in [0, 0.1) is 5.92 Å². The Balaban J connectivity index is 1.82. The largest absolute Gasteiger partial charge is 0.305 e. The van der Waals surface area contributed by atoms with Gasteiger partial charge in [0, 0.05) is 17.5 Å². The summed E-state index contributed by atoms with van der Waals surface area (Å²) in [7, 11) is 0. The van der Waals surface area contributed by atoms with Crippen LogP contribution in [-0.4, -0.2) is 20.7 Å². The van der Waals surface area contributed by atoms with Crippen molar-refractivity contribution in [2.24, 2.45) is 5.92 Å². The van der Waals surface area contributed by atoms with Gasteiger partial charge in [0.1, 0.15) is 0 Å². The van der Waals surface area contributed by atoms with Gasteiger partial charge in [0.2, 0.25) is 0 Å². The Morgan fingerprint density at radius 3 is 2.58 bits per heavy atom. The van der Waals surface area contributed by atoms with Gasteiger partial charge >= 0.3 is 0 Å². The van der Waals surface area contributed by atoms with Crippen LogP contribution in [0.4, 0.5) is 5.82 Å². The Morgan fingerprint density at radius 2 is 1.81 bits per heavy atom. The standard InChI is InChI=1S/C21H20N4O/c1-14(2)13-25-20-17(12-16-10-6-7-11-18(16)22-20)19(24-25)23-21(26)15-8-4-3-5-9-15/h3-12,14H,13H2,1-2H3,(H,23,24,26). The number of para-hydroxylation sites is 1. The zero-order valence-electron chi connectivity index (χ0n) is 14.8. The van der Waals surface area contributed by atoms with Gasteiger partial charge < -0.3 is 5.32 Å². The number of rotatable bonds is 4. The smallest absolute Gasteiger partial charge is 0.256 e. The lowest BCUT2D eigenvalue weighted by Crippen LogP contribution is -2.13. The van der Waals surface area contributed by atoms with Crippen molar-refractivity contribution in [2.75, 3.05) is 5.32 Å². The van der Waals surface area contributed by atoms with Crippen LogP contribution in [-0.2, 0) is 6.54 Å². The van der Waals surface area contributed by atoms with Gasteiger partial charge in [-0.15, -0.1) is 0 Å². The first-order valence-corrected chi connectivity index (χ1v) is 8.74. The molecule has 0 saturated carbocycles. The highest BCUT2D eigenvalue weighted by molar-refractivity contribution is 6.08. The van der Waals surface area contributed by atoms with Crippen LogP contribution in [0.1, 0.15) is 24.2 Å². The fourth-order valence-electron chi connectivity index (χ4n) is 3.03. The molecular weight excluding hydrogens is 324 g/mol. The molecule has 1 amide bonds. The van der Waals surface area contributed by atoms with E-state index in [1.54, 1.807) is 12.1 Å². The Kier molecular flexibility index (Phi) is 4.13. The SMILES string of the molecule is CC(C)Cn1nc(NC(=O)c2ccccc2)c2cc3ccccc3nc21. The molecule has 0 aliphatic carbocycles. The first kappa shape index (κ1) is 16.3. The number of hydrogen-bond acceptors (Lipinski definition) is 3. The normalized spacial score (nSPS) is 11.3. The molecule has 4 aromatic rings. The van der Waals surface area contributed by atoms with E-state index in [9.17, 15) is 4.79 Å². The minimum atomic E-state index is -0.171. The van der Waals surface area contributed by atoms with E-state index in [0.29, 0.717) is 17.3 Å². The highest BCUT2D eigenvalue weighted by atomic mass is 16.1. The summed E-state index contributed by atoms with van der Waals surface area (Å²) in [6.45, 7) is 5.01. The molecule has 2 aromatic heterocycles. The molecule has 130 valence electrons. The first-order chi connectivity index (χ1) is 12.6. The van der Waals surface area contributed by atoms with Crippen LogP contribution in [0.25, 0.3) is 21.9 Å². The van der Waals surface area contributed by atoms with Crippen LogP contribution in [0.15, 0.2) is 60.7 Å². The number of fused-ring (bicyclic) bond motifs is 2. The van der Waals surface area contributed by atoms with Crippen molar-refractivity contribution in [3.05, 3.63) is 66.2 Å². The lowest BCUT2D eigenvalue weighted by atomic mass is 10.2. The van der Waals surface area contributed by atoms with E-state index in [4.69, 9.17) is 4.98 Å². The van der Waals surface area contributed by atoms with Gasteiger partial charge in [-0.1, -0.05) is 50.2 Å². The molecule has 1 N–H and O–H groups in total. The third-order valence-electron chi connectivity index (χ3n) is 4.23. The Bertz CT molecular complexity index is 1080. The van der Waals surface area contributed by atoms with Crippen LogP contribution in [0.3, 0.4) is 0 Å². The molecule has 0 bridgehead atoms. The third kappa shape index (κ3) is 3.04. The highest BCUT2D eigenvalue weighted by Gasteiger charge is 2.16. The molecule has 0 aliphatic rings. The highest BCUT2D eigenvalue weighted by Crippen LogP contribution is 2.26. The molecule has 2 heterocycles. The van der Waals surface area contributed by atoms with Crippen molar-refractivity contribution in [1.82, 2.24) is 14.8 Å². The maximum atomic E-state index is 12.6. The maximum absolute atomic E-state index is 12.6.